The zero-order chi connectivity index (χ0) is 19.3. The predicted octanol–water partition coefficient (Wildman–Crippen LogP) is 1.81. The molecule has 2 saturated heterocycles. The smallest absolute Gasteiger partial charge is 0.407 e. The van der Waals surface area contributed by atoms with E-state index in [-0.39, 0.29) is 6.09 Å². The predicted molar refractivity (Wildman–Crippen MR) is 103 cm³/mol. The van der Waals surface area contributed by atoms with Crippen LogP contribution in [0.5, 0.6) is 0 Å². The molecule has 28 heavy (non-hydrogen) atoms. The number of nitrogens with zero attached hydrogens (tertiary/aromatic N) is 6. The lowest BCUT2D eigenvalue weighted by molar-refractivity contribution is 0.0366. The van der Waals surface area contributed by atoms with Gasteiger partial charge in [-0.3, -0.25) is 9.67 Å². The molecular weight excluding hydrogens is 358 g/mol. The lowest BCUT2D eigenvalue weighted by Gasteiger charge is -2.38. The zero-order valence-electron chi connectivity index (χ0n) is 15.8. The van der Waals surface area contributed by atoms with Gasteiger partial charge in [0.1, 0.15) is 17.1 Å². The van der Waals surface area contributed by atoms with E-state index in [2.05, 4.69) is 20.3 Å². The van der Waals surface area contributed by atoms with Crippen molar-refractivity contribution in [2.24, 2.45) is 7.05 Å². The first-order chi connectivity index (χ1) is 13.5. The van der Waals surface area contributed by atoms with Crippen molar-refractivity contribution in [3.8, 4) is 11.5 Å². The van der Waals surface area contributed by atoms with Gasteiger partial charge in [-0.2, -0.15) is 5.10 Å². The molecule has 3 aromatic rings. The topological polar surface area (TPSA) is 98.1 Å². The van der Waals surface area contributed by atoms with Crippen LogP contribution >= 0.6 is 0 Å². The van der Waals surface area contributed by atoms with E-state index in [1.165, 1.54) is 0 Å². The molecule has 1 spiro atoms. The monoisotopic (exact) mass is 379 g/mol. The summed E-state index contributed by atoms with van der Waals surface area (Å²) >= 11 is 0. The van der Waals surface area contributed by atoms with E-state index in [0.717, 1.165) is 54.2 Å². The van der Waals surface area contributed by atoms with E-state index in [1.807, 2.05) is 32.2 Å². The summed E-state index contributed by atoms with van der Waals surface area (Å²) < 4.78 is 7.33. The summed E-state index contributed by atoms with van der Waals surface area (Å²) in [6, 6.07) is 5.71. The number of carbonyl (C=O) groups excluding carboxylic acids is 1. The van der Waals surface area contributed by atoms with Crippen LogP contribution in [0.1, 0.15) is 18.5 Å². The summed E-state index contributed by atoms with van der Waals surface area (Å²) in [7, 11) is 1.89. The molecule has 0 unspecified atom stereocenters. The highest BCUT2D eigenvalue weighted by atomic mass is 16.6. The molecule has 9 heteroatoms. The molecule has 0 aliphatic carbocycles. The van der Waals surface area contributed by atoms with Gasteiger partial charge in [-0.15, -0.1) is 0 Å². The third kappa shape index (κ3) is 2.65. The van der Waals surface area contributed by atoms with E-state index in [9.17, 15) is 4.79 Å². The van der Waals surface area contributed by atoms with E-state index in [0.29, 0.717) is 12.4 Å². The Hall–Kier alpha value is -3.23. The number of ether oxygens (including phenoxy) is 1. The Labute approximate surface area is 161 Å². The number of carbonyl (C=O) groups is 1. The SMILES string of the molecule is Cc1nn(C)c2nc(-c3ccccn3)nc(N3CCC4(CC3)CNC(=O)O4)c12. The van der Waals surface area contributed by atoms with Crippen LogP contribution in [0.3, 0.4) is 0 Å². The summed E-state index contributed by atoms with van der Waals surface area (Å²) in [5.41, 5.74) is 2.02. The van der Waals surface area contributed by atoms with Crippen molar-refractivity contribution in [3.63, 3.8) is 0 Å². The summed E-state index contributed by atoms with van der Waals surface area (Å²) in [6.07, 6.45) is 2.94. The van der Waals surface area contributed by atoms with E-state index < -0.39 is 5.60 Å². The second-order valence-corrected chi connectivity index (χ2v) is 7.41. The number of rotatable bonds is 2. The quantitative estimate of drug-likeness (QED) is 0.725. The Balaban J connectivity index is 1.56. The highest BCUT2D eigenvalue weighted by Crippen LogP contribution is 2.35. The van der Waals surface area contributed by atoms with Crippen LogP contribution < -0.4 is 10.2 Å². The Morgan fingerprint density at radius 2 is 2.04 bits per heavy atom. The van der Waals surface area contributed by atoms with Crippen LogP contribution in [0.25, 0.3) is 22.6 Å². The number of anilines is 1. The largest absolute Gasteiger partial charge is 0.441 e. The van der Waals surface area contributed by atoms with E-state index in [4.69, 9.17) is 14.7 Å². The van der Waals surface area contributed by atoms with Gasteiger partial charge in [0, 0.05) is 39.2 Å². The fraction of sp³-hybridized carbons (Fsp3) is 0.421. The first kappa shape index (κ1) is 16.9. The van der Waals surface area contributed by atoms with Gasteiger partial charge >= 0.3 is 6.09 Å². The highest BCUT2D eigenvalue weighted by molar-refractivity contribution is 5.91. The average Bonchev–Trinajstić information content (AvgIpc) is 3.22. The summed E-state index contributed by atoms with van der Waals surface area (Å²) in [4.78, 5) is 27.7. The fourth-order valence-electron chi connectivity index (χ4n) is 4.06. The van der Waals surface area contributed by atoms with Crippen molar-refractivity contribution in [2.75, 3.05) is 24.5 Å². The highest BCUT2D eigenvalue weighted by Gasteiger charge is 2.43. The van der Waals surface area contributed by atoms with Crippen LogP contribution in [-0.4, -0.2) is 56.1 Å². The van der Waals surface area contributed by atoms with Gasteiger partial charge in [0.05, 0.1) is 17.6 Å². The van der Waals surface area contributed by atoms with Crippen molar-refractivity contribution in [3.05, 3.63) is 30.1 Å². The van der Waals surface area contributed by atoms with E-state index >= 15 is 0 Å². The summed E-state index contributed by atoms with van der Waals surface area (Å²) in [5.74, 6) is 1.45. The second-order valence-electron chi connectivity index (χ2n) is 7.41. The minimum Gasteiger partial charge on any atom is -0.441 e. The number of hydrogen-bond acceptors (Lipinski definition) is 7. The van der Waals surface area contributed by atoms with Gasteiger partial charge in [0.2, 0.25) is 0 Å². The first-order valence-corrected chi connectivity index (χ1v) is 9.39. The molecule has 2 aliphatic heterocycles. The maximum atomic E-state index is 11.5. The number of aryl methyl sites for hydroxylation is 2. The number of hydrogen-bond donors (Lipinski definition) is 1. The van der Waals surface area contributed by atoms with E-state index in [1.54, 1.807) is 10.9 Å². The maximum Gasteiger partial charge on any atom is 0.407 e. The van der Waals surface area contributed by atoms with Crippen LogP contribution in [0.2, 0.25) is 0 Å². The Morgan fingerprint density at radius 1 is 1.21 bits per heavy atom. The standard InChI is InChI=1S/C19H21N7O2/c1-12-14-16(25(2)24-12)22-15(13-5-3-4-8-20-13)23-17(14)26-9-6-19(7-10-26)11-21-18(27)28-19/h3-5,8H,6-7,9-11H2,1-2H3,(H,21,27). The Kier molecular flexibility index (Phi) is 3.71. The fourth-order valence-corrected chi connectivity index (χ4v) is 4.06. The van der Waals surface area contributed by atoms with Crippen molar-refractivity contribution in [1.82, 2.24) is 30.0 Å². The van der Waals surface area contributed by atoms with Crippen LogP contribution in [0.4, 0.5) is 10.6 Å². The van der Waals surface area contributed by atoms with Crippen molar-refractivity contribution < 1.29 is 9.53 Å². The molecule has 0 radical (unpaired) electrons. The van der Waals surface area contributed by atoms with Gasteiger partial charge in [0.15, 0.2) is 11.5 Å². The van der Waals surface area contributed by atoms with Gasteiger partial charge in [-0.05, 0) is 19.1 Å². The first-order valence-electron chi connectivity index (χ1n) is 9.39. The maximum absolute atomic E-state index is 11.5. The summed E-state index contributed by atoms with van der Waals surface area (Å²) in [6.45, 7) is 4.04. The minimum atomic E-state index is -0.395. The Bertz CT molecular complexity index is 1060. The van der Waals surface area contributed by atoms with Crippen molar-refractivity contribution in [1.29, 1.82) is 0 Å². The van der Waals surface area contributed by atoms with Crippen LogP contribution in [-0.2, 0) is 11.8 Å². The molecule has 144 valence electrons. The molecule has 5 heterocycles. The lowest BCUT2D eigenvalue weighted by atomic mass is 9.91. The van der Waals surface area contributed by atoms with Crippen LogP contribution in [0, 0.1) is 6.92 Å². The minimum absolute atomic E-state index is 0.321. The molecule has 5 rings (SSSR count). The van der Waals surface area contributed by atoms with Gasteiger partial charge in [-0.25, -0.2) is 14.8 Å². The lowest BCUT2D eigenvalue weighted by Crippen LogP contribution is -2.47. The molecule has 0 bridgehead atoms. The van der Waals surface area contributed by atoms with Gasteiger partial charge in [0.25, 0.3) is 0 Å². The number of pyridine rings is 1. The summed E-state index contributed by atoms with van der Waals surface area (Å²) in [5, 5.41) is 8.29. The molecule has 2 fully saturated rings. The third-order valence-electron chi connectivity index (χ3n) is 5.57. The van der Waals surface area contributed by atoms with Crippen LogP contribution in [0.15, 0.2) is 24.4 Å². The molecule has 2 aliphatic rings. The molecule has 0 saturated carbocycles. The number of alkyl carbamates (subject to hydrolysis) is 1. The second kappa shape index (κ2) is 6.15. The molecule has 1 amide bonds. The zero-order valence-corrected chi connectivity index (χ0v) is 15.8. The molecule has 1 N–H and O–H groups in total. The molecular formula is C19H21N7O2. The van der Waals surface area contributed by atoms with Crippen molar-refractivity contribution in [2.45, 2.75) is 25.4 Å². The molecule has 3 aromatic heterocycles. The molecule has 0 atom stereocenters. The number of aromatic nitrogens is 5. The molecule has 9 nitrogen and oxygen atoms in total. The van der Waals surface area contributed by atoms with Gasteiger partial charge in [-0.1, -0.05) is 6.07 Å². The normalized spacial score (nSPS) is 18.5. The third-order valence-corrected chi connectivity index (χ3v) is 5.57. The average molecular weight is 379 g/mol. The van der Waals surface area contributed by atoms with Crippen molar-refractivity contribution >= 4 is 22.9 Å². The number of amides is 1. The van der Waals surface area contributed by atoms with Gasteiger partial charge < -0.3 is 15.0 Å². The number of piperidine rings is 1. The number of fused-ring (bicyclic) bond motifs is 1. The Morgan fingerprint density at radius 3 is 2.71 bits per heavy atom. The molecule has 0 aromatic carbocycles. The number of nitrogens with one attached hydrogen (secondary N) is 1.